The van der Waals surface area contributed by atoms with Crippen LogP contribution in [-0.2, 0) is 16.0 Å². The second kappa shape index (κ2) is 12.7. The average Bonchev–Trinajstić information content (AvgIpc) is 2.73. The summed E-state index contributed by atoms with van der Waals surface area (Å²) >= 11 is 0. The molecule has 2 aromatic rings. The van der Waals surface area contributed by atoms with Gasteiger partial charge < -0.3 is 21.7 Å². The normalized spacial score (nSPS) is 11.7. The van der Waals surface area contributed by atoms with Crippen LogP contribution in [0.1, 0.15) is 30.4 Å². The van der Waals surface area contributed by atoms with Crippen molar-refractivity contribution in [3.05, 3.63) is 65.7 Å². The van der Waals surface area contributed by atoms with Crippen molar-refractivity contribution in [2.24, 2.45) is 5.73 Å². The first-order valence-electron chi connectivity index (χ1n) is 10.2. The molecule has 0 spiro atoms. The van der Waals surface area contributed by atoms with Gasteiger partial charge in [0.15, 0.2) is 0 Å². The maximum Gasteiger partial charge on any atom is 0.246 e. The Bertz CT molecular complexity index is 747. The third kappa shape index (κ3) is 8.89. The number of anilines is 1. The lowest BCUT2D eigenvalue weighted by Crippen LogP contribution is -2.47. The molecule has 2 amide bonds. The van der Waals surface area contributed by atoms with E-state index in [1.165, 1.54) is 5.56 Å². The molecule has 0 aromatic heterocycles. The SMILES string of the molecule is Cc1ccc(NC(=O)[C@H](CCCCN)NC(=O)CNCCc2ccccc2)cc1. The van der Waals surface area contributed by atoms with Crippen molar-refractivity contribution >= 4 is 17.5 Å². The van der Waals surface area contributed by atoms with Crippen LogP contribution < -0.4 is 21.7 Å². The summed E-state index contributed by atoms with van der Waals surface area (Å²) in [5, 5.41) is 8.87. The quantitative estimate of drug-likeness (QED) is 0.414. The Hall–Kier alpha value is -2.70. The Morgan fingerprint density at radius 2 is 1.72 bits per heavy atom. The monoisotopic (exact) mass is 396 g/mol. The van der Waals surface area contributed by atoms with E-state index in [4.69, 9.17) is 5.73 Å². The van der Waals surface area contributed by atoms with Crippen LogP contribution in [0, 0.1) is 6.92 Å². The Kier molecular flexibility index (Phi) is 9.89. The number of hydrogen-bond donors (Lipinski definition) is 4. The van der Waals surface area contributed by atoms with E-state index in [2.05, 4.69) is 28.1 Å². The van der Waals surface area contributed by atoms with Gasteiger partial charge in [0.05, 0.1) is 6.54 Å². The van der Waals surface area contributed by atoms with Crippen LogP contribution in [0.15, 0.2) is 54.6 Å². The van der Waals surface area contributed by atoms with E-state index in [9.17, 15) is 9.59 Å². The molecule has 0 bridgehead atoms. The van der Waals surface area contributed by atoms with Gasteiger partial charge in [-0.1, -0.05) is 48.0 Å². The van der Waals surface area contributed by atoms with Gasteiger partial charge in [-0.2, -0.15) is 0 Å². The second-order valence-corrected chi connectivity index (χ2v) is 7.17. The number of nitrogens with two attached hydrogens (primary N) is 1. The first kappa shape index (κ1) is 22.6. The highest BCUT2D eigenvalue weighted by atomic mass is 16.2. The largest absolute Gasteiger partial charge is 0.343 e. The van der Waals surface area contributed by atoms with Gasteiger partial charge in [-0.3, -0.25) is 9.59 Å². The number of unbranched alkanes of at least 4 members (excludes halogenated alkanes) is 1. The lowest BCUT2D eigenvalue weighted by atomic mass is 10.1. The fourth-order valence-electron chi connectivity index (χ4n) is 2.95. The second-order valence-electron chi connectivity index (χ2n) is 7.17. The highest BCUT2D eigenvalue weighted by Crippen LogP contribution is 2.10. The van der Waals surface area contributed by atoms with Crippen LogP contribution in [0.2, 0.25) is 0 Å². The zero-order valence-corrected chi connectivity index (χ0v) is 17.1. The van der Waals surface area contributed by atoms with Crippen LogP contribution in [0.5, 0.6) is 0 Å². The van der Waals surface area contributed by atoms with E-state index in [-0.39, 0.29) is 18.4 Å². The van der Waals surface area contributed by atoms with Gasteiger partial charge in [-0.05, 0) is 63.4 Å². The number of benzene rings is 2. The lowest BCUT2D eigenvalue weighted by Gasteiger charge is -2.19. The molecular formula is C23H32N4O2. The fraction of sp³-hybridized carbons (Fsp3) is 0.391. The summed E-state index contributed by atoms with van der Waals surface area (Å²) in [7, 11) is 0. The van der Waals surface area contributed by atoms with Crippen LogP contribution >= 0.6 is 0 Å². The molecule has 0 saturated carbocycles. The van der Waals surface area contributed by atoms with Gasteiger partial charge in [-0.25, -0.2) is 0 Å². The van der Waals surface area contributed by atoms with E-state index in [1.807, 2.05) is 49.4 Å². The summed E-state index contributed by atoms with van der Waals surface area (Å²) in [4.78, 5) is 25.0. The molecule has 0 aliphatic carbocycles. The topological polar surface area (TPSA) is 96.2 Å². The first-order chi connectivity index (χ1) is 14.1. The Morgan fingerprint density at radius 3 is 2.41 bits per heavy atom. The van der Waals surface area contributed by atoms with Crippen molar-refractivity contribution in [1.29, 1.82) is 0 Å². The molecule has 0 saturated heterocycles. The van der Waals surface area contributed by atoms with E-state index in [0.29, 0.717) is 19.5 Å². The third-order valence-corrected chi connectivity index (χ3v) is 4.64. The van der Waals surface area contributed by atoms with Gasteiger partial charge in [0, 0.05) is 5.69 Å². The summed E-state index contributed by atoms with van der Waals surface area (Å²) in [5.74, 6) is -0.390. The number of aryl methyl sites for hydroxylation is 1. The van der Waals surface area contributed by atoms with Gasteiger partial charge >= 0.3 is 0 Å². The van der Waals surface area contributed by atoms with Crippen LogP contribution in [-0.4, -0.2) is 37.5 Å². The number of hydrogen-bond acceptors (Lipinski definition) is 4. The van der Waals surface area contributed by atoms with E-state index in [0.717, 1.165) is 30.5 Å². The van der Waals surface area contributed by atoms with E-state index in [1.54, 1.807) is 0 Å². The fourth-order valence-corrected chi connectivity index (χ4v) is 2.95. The van der Waals surface area contributed by atoms with Crippen molar-refractivity contribution in [3.8, 4) is 0 Å². The molecule has 0 fully saturated rings. The molecule has 0 aliphatic rings. The maximum absolute atomic E-state index is 12.7. The average molecular weight is 397 g/mol. The number of carbonyl (C=O) groups excluding carboxylic acids is 2. The number of amides is 2. The molecule has 2 rings (SSSR count). The van der Waals surface area contributed by atoms with Gasteiger partial charge in [0.2, 0.25) is 11.8 Å². The minimum atomic E-state index is -0.578. The predicted molar refractivity (Wildman–Crippen MR) is 118 cm³/mol. The highest BCUT2D eigenvalue weighted by molar-refractivity contribution is 5.97. The van der Waals surface area contributed by atoms with E-state index >= 15 is 0 Å². The number of carbonyl (C=O) groups is 2. The van der Waals surface area contributed by atoms with Crippen molar-refractivity contribution in [2.45, 2.75) is 38.6 Å². The molecular weight excluding hydrogens is 364 g/mol. The summed E-state index contributed by atoms with van der Waals surface area (Å²) in [6.45, 7) is 3.44. The standard InChI is InChI=1S/C23H32N4O2/c1-18-10-12-20(13-11-18)26-23(29)21(9-5-6-15-24)27-22(28)17-25-16-14-19-7-3-2-4-8-19/h2-4,7-8,10-13,21,25H,5-6,9,14-17,24H2,1H3,(H,26,29)(H,27,28)/t21-/m0/s1. The van der Waals surface area contributed by atoms with Gasteiger partial charge in [0.25, 0.3) is 0 Å². The molecule has 6 nitrogen and oxygen atoms in total. The van der Waals surface area contributed by atoms with Crippen LogP contribution in [0.25, 0.3) is 0 Å². The molecule has 2 aromatic carbocycles. The summed E-state index contributed by atoms with van der Waals surface area (Å²) < 4.78 is 0. The Balaban J connectivity index is 1.81. The van der Waals surface area contributed by atoms with Crippen molar-refractivity contribution in [3.63, 3.8) is 0 Å². The zero-order valence-electron chi connectivity index (χ0n) is 17.1. The Labute approximate surface area is 173 Å². The molecule has 0 aliphatic heterocycles. The maximum atomic E-state index is 12.7. The molecule has 29 heavy (non-hydrogen) atoms. The molecule has 0 heterocycles. The molecule has 5 N–H and O–H groups in total. The van der Waals surface area contributed by atoms with E-state index < -0.39 is 6.04 Å². The van der Waals surface area contributed by atoms with Crippen molar-refractivity contribution in [2.75, 3.05) is 25.0 Å². The smallest absolute Gasteiger partial charge is 0.246 e. The molecule has 156 valence electrons. The summed E-state index contributed by atoms with van der Waals surface area (Å²) in [5.41, 5.74) is 8.63. The van der Waals surface area contributed by atoms with Crippen LogP contribution in [0.3, 0.4) is 0 Å². The predicted octanol–water partition coefficient (Wildman–Crippen LogP) is 2.38. The highest BCUT2D eigenvalue weighted by Gasteiger charge is 2.20. The molecule has 0 unspecified atom stereocenters. The minimum absolute atomic E-state index is 0.179. The first-order valence-corrected chi connectivity index (χ1v) is 10.2. The lowest BCUT2D eigenvalue weighted by molar-refractivity contribution is -0.126. The zero-order chi connectivity index (χ0) is 20.9. The molecule has 0 radical (unpaired) electrons. The molecule has 6 heteroatoms. The number of rotatable bonds is 12. The third-order valence-electron chi connectivity index (χ3n) is 4.64. The van der Waals surface area contributed by atoms with Crippen LogP contribution in [0.4, 0.5) is 5.69 Å². The molecule has 1 atom stereocenters. The van der Waals surface area contributed by atoms with Gasteiger partial charge in [-0.15, -0.1) is 0 Å². The van der Waals surface area contributed by atoms with Crippen molar-refractivity contribution in [1.82, 2.24) is 10.6 Å². The summed E-state index contributed by atoms with van der Waals surface area (Å²) in [6, 6.07) is 17.1. The van der Waals surface area contributed by atoms with Gasteiger partial charge in [0.1, 0.15) is 6.04 Å². The summed E-state index contributed by atoms with van der Waals surface area (Å²) in [6.07, 6.45) is 3.01. The van der Waals surface area contributed by atoms with Crippen molar-refractivity contribution < 1.29 is 9.59 Å². The Morgan fingerprint density at radius 1 is 1.00 bits per heavy atom. The number of nitrogens with one attached hydrogen (secondary N) is 3. The minimum Gasteiger partial charge on any atom is -0.343 e.